The van der Waals surface area contributed by atoms with Crippen LogP contribution >= 0.6 is 0 Å². The molecule has 3 nitrogen and oxygen atoms in total. The van der Waals surface area contributed by atoms with Crippen molar-refractivity contribution in [1.82, 2.24) is 0 Å². The summed E-state index contributed by atoms with van der Waals surface area (Å²) in [5.74, 6) is 0.298. The van der Waals surface area contributed by atoms with Gasteiger partial charge < -0.3 is 9.47 Å². The van der Waals surface area contributed by atoms with Gasteiger partial charge in [-0.05, 0) is 26.7 Å². The van der Waals surface area contributed by atoms with E-state index in [-0.39, 0.29) is 5.60 Å². The fourth-order valence-electron chi connectivity index (χ4n) is 1.08. The van der Waals surface area contributed by atoms with E-state index < -0.39 is 0 Å². The maximum absolute atomic E-state index is 11.4. The Morgan fingerprint density at radius 3 is 2.36 bits per heavy atom. The van der Waals surface area contributed by atoms with Crippen LogP contribution in [0.2, 0.25) is 0 Å². The number of carbonyl (C=O) groups is 1. The molecule has 0 aromatic heterocycles. The van der Waals surface area contributed by atoms with Gasteiger partial charge >= 0.3 is 0 Å². The summed E-state index contributed by atoms with van der Waals surface area (Å²) in [6.07, 6.45) is 2.83. The maximum atomic E-state index is 11.4. The van der Waals surface area contributed by atoms with E-state index in [9.17, 15) is 4.79 Å². The summed E-state index contributed by atoms with van der Waals surface area (Å²) in [5, 5.41) is 0. The Bertz CT molecular complexity index is 164. The quantitative estimate of drug-likeness (QED) is 0.566. The first-order chi connectivity index (χ1) is 6.52. The Labute approximate surface area is 86.8 Å². The van der Waals surface area contributed by atoms with Gasteiger partial charge in [-0.3, -0.25) is 4.79 Å². The predicted molar refractivity (Wildman–Crippen MR) is 56.4 cm³/mol. The van der Waals surface area contributed by atoms with E-state index in [4.69, 9.17) is 9.47 Å². The minimum absolute atomic E-state index is 0.184. The van der Waals surface area contributed by atoms with Gasteiger partial charge in [0.2, 0.25) is 0 Å². The first kappa shape index (κ1) is 13.6. The summed E-state index contributed by atoms with van der Waals surface area (Å²) in [6.45, 7) is 4.66. The molecule has 3 heteroatoms. The highest BCUT2D eigenvalue weighted by Crippen LogP contribution is 2.16. The zero-order valence-corrected chi connectivity index (χ0v) is 9.76. The Morgan fingerprint density at radius 2 is 1.86 bits per heavy atom. The molecular formula is C11H22O3. The molecule has 0 aromatic rings. The van der Waals surface area contributed by atoms with Crippen LogP contribution in [0.1, 0.15) is 39.5 Å². The van der Waals surface area contributed by atoms with Crippen LogP contribution in [0, 0.1) is 0 Å². The largest absolute Gasteiger partial charge is 0.385 e. The van der Waals surface area contributed by atoms with Crippen molar-refractivity contribution in [3.8, 4) is 0 Å². The normalized spacial score (nSPS) is 11.7. The van der Waals surface area contributed by atoms with Gasteiger partial charge in [0.1, 0.15) is 5.78 Å². The lowest BCUT2D eigenvalue weighted by Crippen LogP contribution is -2.23. The molecule has 0 aliphatic heterocycles. The van der Waals surface area contributed by atoms with Crippen molar-refractivity contribution in [3.05, 3.63) is 0 Å². The molecule has 0 atom stereocenters. The molecule has 0 aromatic carbocycles. The molecule has 84 valence electrons. The monoisotopic (exact) mass is 202 g/mol. The highest BCUT2D eigenvalue weighted by molar-refractivity contribution is 5.78. The van der Waals surface area contributed by atoms with Gasteiger partial charge in [0.25, 0.3) is 0 Å². The Hall–Kier alpha value is -0.410. The van der Waals surface area contributed by atoms with Crippen molar-refractivity contribution < 1.29 is 14.3 Å². The van der Waals surface area contributed by atoms with E-state index in [1.165, 1.54) is 0 Å². The summed E-state index contributed by atoms with van der Waals surface area (Å²) in [6, 6.07) is 0. The number of hydrogen-bond donors (Lipinski definition) is 0. The van der Waals surface area contributed by atoms with Crippen molar-refractivity contribution in [2.45, 2.75) is 45.1 Å². The third-order valence-corrected chi connectivity index (χ3v) is 2.36. The summed E-state index contributed by atoms with van der Waals surface area (Å²) in [7, 11) is 3.33. The summed E-state index contributed by atoms with van der Waals surface area (Å²) >= 11 is 0. The molecule has 0 unspecified atom stereocenters. The lowest BCUT2D eigenvalue weighted by Gasteiger charge is -2.22. The van der Waals surface area contributed by atoms with E-state index in [1.54, 1.807) is 14.2 Å². The van der Waals surface area contributed by atoms with E-state index >= 15 is 0 Å². The second-order valence-corrected chi connectivity index (χ2v) is 4.10. The number of methoxy groups -OCH3 is 2. The zero-order chi connectivity index (χ0) is 11.0. The average Bonchev–Trinajstić information content (AvgIpc) is 2.16. The minimum atomic E-state index is -0.184. The van der Waals surface area contributed by atoms with Gasteiger partial charge in [-0.15, -0.1) is 0 Å². The summed E-state index contributed by atoms with van der Waals surface area (Å²) < 4.78 is 10.1. The number of Topliss-reactive ketones (excluding diaryl/α,β-unsaturated/α-hetero) is 1. The van der Waals surface area contributed by atoms with Crippen molar-refractivity contribution in [2.24, 2.45) is 0 Å². The molecule has 14 heavy (non-hydrogen) atoms. The fourth-order valence-corrected chi connectivity index (χ4v) is 1.08. The highest BCUT2D eigenvalue weighted by atomic mass is 16.5. The van der Waals surface area contributed by atoms with Gasteiger partial charge in [-0.2, -0.15) is 0 Å². The SMILES string of the molecule is COCCCC(=O)CCC(C)(C)OC. The maximum Gasteiger partial charge on any atom is 0.133 e. The molecule has 0 saturated heterocycles. The number of carbonyl (C=O) groups excluding carboxylic acids is 1. The molecule has 0 amide bonds. The molecule has 0 fully saturated rings. The highest BCUT2D eigenvalue weighted by Gasteiger charge is 2.17. The van der Waals surface area contributed by atoms with Crippen LogP contribution < -0.4 is 0 Å². The molecule has 0 radical (unpaired) electrons. The third-order valence-electron chi connectivity index (χ3n) is 2.36. The first-order valence-electron chi connectivity index (χ1n) is 5.07. The Kier molecular flexibility index (Phi) is 6.75. The Morgan fingerprint density at radius 1 is 1.21 bits per heavy atom. The van der Waals surface area contributed by atoms with E-state index in [0.717, 1.165) is 12.8 Å². The molecule has 0 saturated carbocycles. The topological polar surface area (TPSA) is 35.5 Å². The van der Waals surface area contributed by atoms with Crippen LogP contribution in [-0.4, -0.2) is 32.2 Å². The first-order valence-corrected chi connectivity index (χ1v) is 5.07. The van der Waals surface area contributed by atoms with Crippen molar-refractivity contribution in [1.29, 1.82) is 0 Å². The predicted octanol–water partition coefficient (Wildman–Crippen LogP) is 2.19. The van der Waals surface area contributed by atoms with Crippen LogP contribution in [0.4, 0.5) is 0 Å². The van der Waals surface area contributed by atoms with Crippen LogP contribution in [-0.2, 0) is 14.3 Å². The molecule has 0 N–H and O–H groups in total. The van der Waals surface area contributed by atoms with Gasteiger partial charge in [-0.25, -0.2) is 0 Å². The molecule has 0 heterocycles. The Balaban J connectivity index is 3.53. The van der Waals surface area contributed by atoms with E-state index in [0.29, 0.717) is 25.2 Å². The van der Waals surface area contributed by atoms with Crippen LogP contribution in [0.3, 0.4) is 0 Å². The smallest absolute Gasteiger partial charge is 0.133 e. The van der Waals surface area contributed by atoms with Crippen molar-refractivity contribution in [3.63, 3.8) is 0 Å². The standard InChI is InChI=1S/C11H22O3/c1-11(2,14-4)8-7-10(12)6-5-9-13-3/h5-9H2,1-4H3. The molecule has 0 rings (SSSR count). The third kappa shape index (κ3) is 7.04. The lowest BCUT2D eigenvalue weighted by atomic mass is 9.99. The molecular weight excluding hydrogens is 180 g/mol. The fraction of sp³-hybridized carbons (Fsp3) is 0.909. The average molecular weight is 202 g/mol. The van der Waals surface area contributed by atoms with Gasteiger partial charge in [0.15, 0.2) is 0 Å². The van der Waals surface area contributed by atoms with Gasteiger partial charge in [0, 0.05) is 33.7 Å². The number of rotatable bonds is 8. The minimum Gasteiger partial charge on any atom is -0.385 e. The van der Waals surface area contributed by atoms with Crippen LogP contribution in [0.25, 0.3) is 0 Å². The molecule has 0 aliphatic rings. The molecule has 0 spiro atoms. The van der Waals surface area contributed by atoms with Crippen LogP contribution in [0.15, 0.2) is 0 Å². The van der Waals surface area contributed by atoms with E-state index in [1.807, 2.05) is 13.8 Å². The number of hydrogen-bond acceptors (Lipinski definition) is 3. The lowest BCUT2D eigenvalue weighted by molar-refractivity contribution is -0.120. The summed E-state index contributed by atoms with van der Waals surface area (Å²) in [5.41, 5.74) is -0.184. The van der Waals surface area contributed by atoms with E-state index in [2.05, 4.69) is 0 Å². The second-order valence-electron chi connectivity index (χ2n) is 4.10. The van der Waals surface area contributed by atoms with Crippen LogP contribution in [0.5, 0.6) is 0 Å². The number of ether oxygens (including phenoxy) is 2. The number of ketones is 1. The molecule has 0 bridgehead atoms. The molecule has 0 aliphatic carbocycles. The van der Waals surface area contributed by atoms with Crippen molar-refractivity contribution >= 4 is 5.78 Å². The van der Waals surface area contributed by atoms with Crippen molar-refractivity contribution in [2.75, 3.05) is 20.8 Å². The van der Waals surface area contributed by atoms with Gasteiger partial charge in [0.05, 0.1) is 5.60 Å². The zero-order valence-electron chi connectivity index (χ0n) is 9.76. The van der Waals surface area contributed by atoms with Gasteiger partial charge in [-0.1, -0.05) is 0 Å². The second kappa shape index (κ2) is 6.96. The summed E-state index contributed by atoms with van der Waals surface area (Å²) in [4.78, 5) is 11.4.